The van der Waals surface area contributed by atoms with Crippen LogP contribution in [0.1, 0.15) is 11.1 Å². The Bertz CT molecular complexity index is 808. The molecule has 1 aliphatic rings. The summed E-state index contributed by atoms with van der Waals surface area (Å²) in [5.74, 6) is 0. The normalized spacial score (nSPS) is 14.0. The maximum absolute atomic E-state index is 12.5. The lowest BCUT2D eigenvalue weighted by molar-refractivity contribution is 0.333. The highest BCUT2D eigenvalue weighted by Crippen LogP contribution is 2.19. The lowest BCUT2D eigenvalue weighted by Crippen LogP contribution is -2.25. The van der Waals surface area contributed by atoms with Gasteiger partial charge in [0.25, 0.3) is 10.0 Å². The first-order chi connectivity index (χ1) is 10.5. The van der Waals surface area contributed by atoms with E-state index in [2.05, 4.69) is 4.72 Å². The summed E-state index contributed by atoms with van der Waals surface area (Å²) in [4.78, 5) is 0.209. The highest BCUT2D eigenvalue weighted by Gasteiger charge is 2.24. The monoisotopic (exact) mass is 316 g/mol. The average Bonchev–Trinajstić information content (AvgIpc) is 2.88. The Balaban J connectivity index is 1.90. The second-order valence-corrected chi connectivity index (χ2v) is 7.01. The minimum absolute atomic E-state index is 0.0139. The summed E-state index contributed by atoms with van der Waals surface area (Å²) in [7, 11) is -3.63. The van der Waals surface area contributed by atoms with E-state index >= 15 is 0 Å². The molecule has 0 saturated heterocycles. The van der Waals surface area contributed by atoms with Gasteiger partial charge in [-0.05, 0) is 40.9 Å². The Morgan fingerprint density at radius 3 is 2.86 bits per heavy atom. The summed E-state index contributed by atoms with van der Waals surface area (Å²) in [5, 5.41) is 0. The summed E-state index contributed by atoms with van der Waals surface area (Å²) >= 11 is 0. The van der Waals surface area contributed by atoms with Crippen molar-refractivity contribution in [1.82, 2.24) is 0 Å². The zero-order chi connectivity index (χ0) is 15.7. The van der Waals surface area contributed by atoms with E-state index in [0.29, 0.717) is 18.8 Å². The van der Waals surface area contributed by atoms with Crippen LogP contribution < -0.4 is 15.9 Å². The van der Waals surface area contributed by atoms with Crippen molar-refractivity contribution in [3.8, 4) is 0 Å². The van der Waals surface area contributed by atoms with Gasteiger partial charge in [0, 0.05) is 12.2 Å². The van der Waals surface area contributed by atoms with Crippen LogP contribution in [0.5, 0.6) is 0 Å². The zero-order valence-corrected chi connectivity index (χ0v) is 13.1. The molecule has 3 rings (SSSR count). The largest absolute Gasteiger partial charge is 0.427 e. The van der Waals surface area contributed by atoms with Crippen LogP contribution >= 0.6 is 0 Å². The van der Waals surface area contributed by atoms with Gasteiger partial charge >= 0.3 is 6.92 Å². The van der Waals surface area contributed by atoms with Crippen LogP contribution in [0.15, 0.2) is 47.4 Å². The van der Waals surface area contributed by atoms with Gasteiger partial charge < -0.3 is 10.4 Å². The predicted octanol–water partition coefficient (Wildman–Crippen LogP) is 1.30. The quantitative estimate of drug-likeness (QED) is 0.833. The first kappa shape index (κ1) is 15.1. The van der Waals surface area contributed by atoms with Crippen molar-refractivity contribution >= 4 is 28.1 Å². The van der Waals surface area contributed by atoms with Gasteiger partial charge in [-0.2, -0.15) is 0 Å². The maximum atomic E-state index is 12.5. The standard InChI is InChI=1S/C15H17BN2O3S/c1-16-15-8-13(6-5-12(15)10-21-16)18-22(19,20)14-4-2-3-11(7-14)9-17/h2-8,18H,9-10,17H2,1H3. The number of fused-ring (bicyclic) bond motifs is 1. The Morgan fingerprint density at radius 1 is 1.27 bits per heavy atom. The Morgan fingerprint density at radius 2 is 2.09 bits per heavy atom. The molecule has 0 radical (unpaired) electrons. The van der Waals surface area contributed by atoms with Gasteiger partial charge in [0.1, 0.15) is 0 Å². The van der Waals surface area contributed by atoms with Crippen molar-refractivity contribution in [3.63, 3.8) is 0 Å². The third-order valence-electron chi connectivity index (χ3n) is 3.77. The van der Waals surface area contributed by atoms with E-state index in [4.69, 9.17) is 10.4 Å². The third kappa shape index (κ3) is 2.88. The molecule has 5 nitrogen and oxygen atoms in total. The molecule has 0 fully saturated rings. The van der Waals surface area contributed by atoms with Crippen molar-refractivity contribution in [1.29, 1.82) is 0 Å². The maximum Gasteiger partial charge on any atom is 0.324 e. The van der Waals surface area contributed by atoms with Crippen molar-refractivity contribution in [3.05, 3.63) is 53.6 Å². The number of sulfonamides is 1. The minimum Gasteiger partial charge on any atom is -0.427 e. The topological polar surface area (TPSA) is 81.4 Å². The average molecular weight is 316 g/mol. The predicted molar refractivity (Wildman–Crippen MR) is 87.6 cm³/mol. The van der Waals surface area contributed by atoms with E-state index in [1.54, 1.807) is 30.3 Å². The molecule has 114 valence electrons. The van der Waals surface area contributed by atoms with E-state index < -0.39 is 10.0 Å². The van der Waals surface area contributed by atoms with E-state index in [-0.39, 0.29) is 11.8 Å². The molecule has 2 aromatic rings. The smallest absolute Gasteiger partial charge is 0.324 e. The summed E-state index contributed by atoms with van der Waals surface area (Å²) in [6.07, 6.45) is 0. The third-order valence-corrected chi connectivity index (χ3v) is 5.15. The highest BCUT2D eigenvalue weighted by atomic mass is 32.2. The van der Waals surface area contributed by atoms with Crippen LogP contribution in [0, 0.1) is 0 Å². The van der Waals surface area contributed by atoms with Crippen LogP contribution in [-0.2, 0) is 27.8 Å². The summed E-state index contributed by atoms with van der Waals surface area (Å²) < 4.78 is 33.1. The van der Waals surface area contributed by atoms with Crippen LogP contribution in [0.25, 0.3) is 0 Å². The van der Waals surface area contributed by atoms with Crippen molar-refractivity contribution < 1.29 is 13.1 Å². The molecule has 0 aliphatic carbocycles. The highest BCUT2D eigenvalue weighted by molar-refractivity contribution is 7.92. The second-order valence-electron chi connectivity index (χ2n) is 5.32. The Labute approximate surface area is 130 Å². The first-order valence-electron chi connectivity index (χ1n) is 7.06. The molecule has 0 unspecified atom stereocenters. The molecule has 7 heteroatoms. The van der Waals surface area contributed by atoms with Gasteiger partial charge in [0.15, 0.2) is 0 Å². The van der Waals surface area contributed by atoms with Gasteiger partial charge in [-0.25, -0.2) is 8.42 Å². The fraction of sp³-hybridized carbons (Fsp3) is 0.200. The Kier molecular flexibility index (Phi) is 3.95. The summed E-state index contributed by atoms with van der Waals surface area (Å²) in [5.41, 5.74) is 9.00. The van der Waals surface area contributed by atoms with E-state index in [9.17, 15) is 8.42 Å². The summed E-state index contributed by atoms with van der Waals surface area (Å²) in [6.45, 7) is 2.81. The summed E-state index contributed by atoms with van der Waals surface area (Å²) in [6, 6.07) is 12.1. The molecule has 22 heavy (non-hydrogen) atoms. The number of benzene rings is 2. The van der Waals surface area contributed by atoms with Crippen LogP contribution in [0.2, 0.25) is 6.82 Å². The lowest BCUT2D eigenvalue weighted by atomic mass is 9.64. The SMILES string of the molecule is CB1OCc2ccc(NS(=O)(=O)c3cccc(CN)c3)cc21. The molecule has 1 heterocycles. The van der Waals surface area contributed by atoms with Crippen LogP contribution in [0.3, 0.4) is 0 Å². The molecular weight excluding hydrogens is 299 g/mol. The second kappa shape index (κ2) is 5.76. The van der Waals surface area contributed by atoms with Crippen LogP contribution in [-0.4, -0.2) is 15.3 Å². The molecule has 3 N–H and O–H groups in total. The van der Waals surface area contributed by atoms with Crippen molar-refractivity contribution in [2.45, 2.75) is 24.9 Å². The number of hydrogen-bond acceptors (Lipinski definition) is 4. The molecule has 0 amide bonds. The molecule has 0 bridgehead atoms. The van der Waals surface area contributed by atoms with Crippen molar-refractivity contribution in [2.24, 2.45) is 5.73 Å². The van der Waals surface area contributed by atoms with Gasteiger partial charge in [-0.3, -0.25) is 4.72 Å². The number of nitrogens with one attached hydrogen (secondary N) is 1. The van der Waals surface area contributed by atoms with Gasteiger partial charge in [-0.1, -0.05) is 25.0 Å². The fourth-order valence-corrected chi connectivity index (χ4v) is 3.65. The number of anilines is 1. The molecule has 2 aromatic carbocycles. The zero-order valence-electron chi connectivity index (χ0n) is 12.2. The van der Waals surface area contributed by atoms with E-state index in [1.165, 1.54) is 0 Å². The van der Waals surface area contributed by atoms with Crippen LogP contribution in [0.4, 0.5) is 5.69 Å². The molecule has 0 atom stereocenters. The first-order valence-corrected chi connectivity index (χ1v) is 8.54. The minimum atomic E-state index is -3.63. The number of nitrogens with two attached hydrogens (primary N) is 1. The number of rotatable bonds is 4. The molecule has 0 saturated carbocycles. The fourth-order valence-electron chi connectivity index (χ4n) is 2.53. The van der Waals surface area contributed by atoms with Gasteiger partial charge in [0.05, 0.1) is 11.5 Å². The van der Waals surface area contributed by atoms with Crippen molar-refractivity contribution in [2.75, 3.05) is 4.72 Å². The molecule has 0 spiro atoms. The lowest BCUT2D eigenvalue weighted by Gasteiger charge is -2.10. The van der Waals surface area contributed by atoms with E-state index in [1.807, 2.05) is 19.0 Å². The molecular formula is C15H17BN2O3S. The van der Waals surface area contributed by atoms with E-state index in [0.717, 1.165) is 16.6 Å². The van der Waals surface area contributed by atoms with Gasteiger partial charge in [0.2, 0.25) is 0 Å². The molecule has 0 aromatic heterocycles. The molecule has 1 aliphatic heterocycles. The number of hydrogen-bond donors (Lipinski definition) is 2. The van der Waals surface area contributed by atoms with Gasteiger partial charge in [-0.15, -0.1) is 0 Å². The Hall–Kier alpha value is -1.83.